The second-order valence-corrected chi connectivity index (χ2v) is 8.59. The zero-order valence-corrected chi connectivity index (χ0v) is 18.8. The summed E-state index contributed by atoms with van der Waals surface area (Å²) in [4.78, 5) is 15.0. The Labute approximate surface area is 187 Å². The number of nitrogens with zero attached hydrogens (tertiary/aromatic N) is 4. The highest BCUT2D eigenvalue weighted by molar-refractivity contribution is 7.99. The maximum absolute atomic E-state index is 13.0. The molecule has 1 aromatic heterocycles. The molecule has 3 aromatic rings. The van der Waals surface area contributed by atoms with Gasteiger partial charge in [0, 0.05) is 23.8 Å². The number of ether oxygens (including phenoxy) is 1. The molecule has 162 valence electrons. The lowest BCUT2D eigenvalue weighted by atomic mass is 10.0. The molecule has 1 amide bonds. The Kier molecular flexibility index (Phi) is 6.92. The van der Waals surface area contributed by atoms with Gasteiger partial charge in [-0.2, -0.15) is 0 Å². The first-order valence-electron chi connectivity index (χ1n) is 10.8. The summed E-state index contributed by atoms with van der Waals surface area (Å²) < 4.78 is 7.40. The van der Waals surface area contributed by atoms with Gasteiger partial charge in [-0.25, -0.2) is 0 Å². The standard InChI is InChI=1S/C24H28N4O2S/c1-3-19-11-7-8-15-27(19)22(29)17-31-24-26-25-23(18-10-9-14-21(16-18)30-2)28(24)20-12-5-4-6-13-20/h4-6,9-10,12-14,16,19H,3,7-8,11,15,17H2,1-2H3. The van der Waals surface area contributed by atoms with Crippen LogP contribution in [0.3, 0.4) is 0 Å². The van der Waals surface area contributed by atoms with Gasteiger partial charge in [-0.3, -0.25) is 9.36 Å². The number of aromatic nitrogens is 3. The van der Waals surface area contributed by atoms with E-state index in [4.69, 9.17) is 4.74 Å². The first kappa shape index (κ1) is 21.4. The van der Waals surface area contributed by atoms with Crippen LogP contribution in [0.5, 0.6) is 5.75 Å². The number of rotatable bonds is 7. The molecule has 31 heavy (non-hydrogen) atoms. The van der Waals surface area contributed by atoms with E-state index in [2.05, 4.69) is 22.0 Å². The Morgan fingerprint density at radius 3 is 2.74 bits per heavy atom. The van der Waals surface area contributed by atoms with E-state index in [1.54, 1.807) is 7.11 Å². The molecule has 1 aliphatic heterocycles. The van der Waals surface area contributed by atoms with E-state index >= 15 is 0 Å². The van der Waals surface area contributed by atoms with Crippen molar-refractivity contribution < 1.29 is 9.53 Å². The summed E-state index contributed by atoms with van der Waals surface area (Å²) in [5.74, 6) is 2.03. The minimum Gasteiger partial charge on any atom is -0.497 e. The van der Waals surface area contributed by atoms with Gasteiger partial charge in [0.15, 0.2) is 11.0 Å². The SMILES string of the molecule is CCC1CCCCN1C(=O)CSc1nnc(-c2cccc(OC)c2)n1-c1ccccc1. The molecule has 0 N–H and O–H groups in total. The highest BCUT2D eigenvalue weighted by atomic mass is 32.2. The summed E-state index contributed by atoms with van der Waals surface area (Å²) in [5.41, 5.74) is 1.88. The highest BCUT2D eigenvalue weighted by Gasteiger charge is 2.26. The maximum atomic E-state index is 13.0. The normalized spacial score (nSPS) is 16.3. The Hall–Kier alpha value is -2.80. The predicted octanol–water partition coefficient (Wildman–Crippen LogP) is 4.83. The number of likely N-dealkylation sites (tertiary alicyclic amines) is 1. The molecule has 1 fully saturated rings. The van der Waals surface area contributed by atoms with Crippen molar-refractivity contribution >= 4 is 17.7 Å². The summed E-state index contributed by atoms with van der Waals surface area (Å²) in [7, 11) is 1.65. The fourth-order valence-electron chi connectivity index (χ4n) is 4.08. The molecule has 2 heterocycles. The highest BCUT2D eigenvalue weighted by Crippen LogP contribution is 2.30. The van der Waals surface area contributed by atoms with Gasteiger partial charge in [0.2, 0.25) is 5.91 Å². The molecular weight excluding hydrogens is 408 g/mol. The van der Waals surface area contributed by atoms with E-state index < -0.39 is 0 Å². The Balaban J connectivity index is 1.62. The summed E-state index contributed by atoms with van der Waals surface area (Å²) in [5, 5.41) is 9.63. The molecule has 0 saturated carbocycles. The zero-order valence-electron chi connectivity index (χ0n) is 18.0. The minimum absolute atomic E-state index is 0.182. The molecule has 1 atom stereocenters. The minimum atomic E-state index is 0.182. The number of carbonyl (C=O) groups is 1. The van der Waals surface area contributed by atoms with Crippen molar-refractivity contribution in [3.05, 3.63) is 54.6 Å². The van der Waals surface area contributed by atoms with Crippen LogP contribution in [-0.4, -0.2) is 51.0 Å². The summed E-state index contributed by atoms with van der Waals surface area (Å²) >= 11 is 1.45. The molecular formula is C24H28N4O2S. The number of thioether (sulfide) groups is 1. The lowest BCUT2D eigenvalue weighted by Gasteiger charge is -2.35. The van der Waals surface area contributed by atoms with Gasteiger partial charge in [-0.15, -0.1) is 10.2 Å². The summed E-state index contributed by atoms with van der Waals surface area (Å²) in [6, 6.07) is 18.2. The van der Waals surface area contributed by atoms with E-state index in [-0.39, 0.29) is 5.91 Å². The average Bonchev–Trinajstić information content (AvgIpc) is 3.27. The molecule has 0 spiro atoms. The molecule has 7 heteroatoms. The van der Waals surface area contributed by atoms with E-state index in [1.165, 1.54) is 18.2 Å². The molecule has 1 aliphatic rings. The number of amides is 1. The van der Waals surface area contributed by atoms with Crippen molar-refractivity contribution in [2.75, 3.05) is 19.4 Å². The van der Waals surface area contributed by atoms with Gasteiger partial charge in [-0.05, 0) is 49.9 Å². The smallest absolute Gasteiger partial charge is 0.233 e. The molecule has 0 radical (unpaired) electrons. The first-order valence-corrected chi connectivity index (χ1v) is 11.8. The van der Waals surface area contributed by atoms with Crippen molar-refractivity contribution in [2.45, 2.75) is 43.8 Å². The van der Waals surface area contributed by atoms with Crippen LogP contribution in [0, 0.1) is 0 Å². The van der Waals surface area contributed by atoms with Crippen LogP contribution in [0.1, 0.15) is 32.6 Å². The molecule has 2 aromatic carbocycles. The van der Waals surface area contributed by atoms with Crippen molar-refractivity contribution in [3.8, 4) is 22.8 Å². The number of piperidine rings is 1. The molecule has 1 saturated heterocycles. The van der Waals surface area contributed by atoms with Gasteiger partial charge in [0.05, 0.1) is 12.9 Å². The molecule has 1 unspecified atom stereocenters. The number of para-hydroxylation sites is 1. The van der Waals surface area contributed by atoms with E-state index in [9.17, 15) is 4.79 Å². The van der Waals surface area contributed by atoms with Crippen LogP contribution in [0.15, 0.2) is 59.8 Å². The van der Waals surface area contributed by atoms with E-state index in [1.807, 2.05) is 59.2 Å². The first-order chi connectivity index (χ1) is 15.2. The Morgan fingerprint density at radius 2 is 1.97 bits per heavy atom. The second kappa shape index (κ2) is 10.0. The number of hydrogen-bond acceptors (Lipinski definition) is 5. The van der Waals surface area contributed by atoms with Crippen LogP contribution >= 0.6 is 11.8 Å². The van der Waals surface area contributed by atoms with Gasteiger partial charge in [-0.1, -0.05) is 49.0 Å². The van der Waals surface area contributed by atoms with Crippen LogP contribution in [0.4, 0.5) is 0 Å². The maximum Gasteiger partial charge on any atom is 0.233 e. The van der Waals surface area contributed by atoms with Crippen LogP contribution in [0.2, 0.25) is 0 Å². The number of benzene rings is 2. The monoisotopic (exact) mass is 436 g/mol. The predicted molar refractivity (Wildman–Crippen MR) is 124 cm³/mol. The lowest BCUT2D eigenvalue weighted by Crippen LogP contribution is -2.44. The molecule has 0 bridgehead atoms. The average molecular weight is 437 g/mol. The largest absolute Gasteiger partial charge is 0.497 e. The third-order valence-electron chi connectivity index (χ3n) is 5.72. The Morgan fingerprint density at radius 1 is 1.13 bits per heavy atom. The zero-order chi connectivity index (χ0) is 21.6. The summed E-state index contributed by atoms with van der Waals surface area (Å²) in [6.45, 7) is 3.02. The van der Waals surface area contributed by atoms with Crippen molar-refractivity contribution in [2.24, 2.45) is 0 Å². The van der Waals surface area contributed by atoms with Crippen molar-refractivity contribution in [1.82, 2.24) is 19.7 Å². The van der Waals surface area contributed by atoms with Crippen molar-refractivity contribution in [3.63, 3.8) is 0 Å². The number of hydrogen-bond donors (Lipinski definition) is 0. The Bertz CT molecular complexity index is 1020. The van der Waals surface area contributed by atoms with Gasteiger partial charge >= 0.3 is 0 Å². The molecule has 0 aliphatic carbocycles. The third kappa shape index (κ3) is 4.77. The second-order valence-electron chi connectivity index (χ2n) is 7.64. The van der Waals surface area contributed by atoms with Gasteiger partial charge < -0.3 is 9.64 Å². The third-order valence-corrected chi connectivity index (χ3v) is 6.63. The molecule has 6 nitrogen and oxygen atoms in total. The lowest BCUT2D eigenvalue weighted by molar-refractivity contribution is -0.132. The fraction of sp³-hybridized carbons (Fsp3) is 0.375. The van der Waals surface area contributed by atoms with Crippen LogP contribution < -0.4 is 4.74 Å². The molecule has 4 rings (SSSR count). The fourth-order valence-corrected chi connectivity index (χ4v) is 4.92. The van der Waals surface area contributed by atoms with Crippen LogP contribution in [0.25, 0.3) is 17.1 Å². The topological polar surface area (TPSA) is 60.3 Å². The van der Waals surface area contributed by atoms with Crippen LogP contribution in [-0.2, 0) is 4.79 Å². The van der Waals surface area contributed by atoms with Crippen molar-refractivity contribution in [1.29, 1.82) is 0 Å². The summed E-state index contributed by atoms with van der Waals surface area (Å²) in [6.07, 6.45) is 4.42. The number of methoxy groups -OCH3 is 1. The van der Waals surface area contributed by atoms with Gasteiger partial charge in [0.25, 0.3) is 0 Å². The quantitative estimate of drug-likeness (QED) is 0.497. The number of carbonyl (C=O) groups excluding carboxylic acids is 1. The van der Waals surface area contributed by atoms with Gasteiger partial charge in [0.1, 0.15) is 5.75 Å². The van der Waals surface area contributed by atoms with E-state index in [0.29, 0.717) is 17.0 Å². The van der Waals surface area contributed by atoms with E-state index in [0.717, 1.165) is 48.6 Å².